The first-order valence-corrected chi connectivity index (χ1v) is 9.77. The van der Waals surface area contributed by atoms with E-state index >= 15 is 0 Å². The number of amides is 1. The Kier molecular flexibility index (Phi) is 6.34. The summed E-state index contributed by atoms with van der Waals surface area (Å²) in [7, 11) is 1.72. The van der Waals surface area contributed by atoms with Gasteiger partial charge in [0, 0.05) is 7.05 Å². The summed E-state index contributed by atoms with van der Waals surface area (Å²) in [6.07, 6.45) is -1.14. The quantitative estimate of drug-likeness (QED) is 0.599. The van der Waals surface area contributed by atoms with E-state index in [1.165, 1.54) is 29.8 Å². The van der Waals surface area contributed by atoms with Crippen LogP contribution < -0.4 is 10.9 Å². The predicted molar refractivity (Wildman–Crippen MR) is 116 cm³/mol. The summed E-state index contributed by atoms with van der Waals surface area (Å²) >= 11 is 11.7. The molecule has 0 saturated carbocycles. The van der Waals surface area contributed by atoms with E-state index in [0.29, 0.717) is 16.4 Å². The van der Waals surface area contributed by atoms with Crippen LogP contribution in [0, 0.1) is 6.92 Å². The molecule has 1 N–H and O–H groups in total. The van der Waals surface area contributed by atoms with Gasteiger partial charge in [-0.1, -0.05) is 41.4 Å². The van der Waals surface area contributed by atoms with Crippen LogP contribution in [-0.4, -0.2) is 27.3 Å². The second kappa shape index (κ2) is 8.77. The Morgan fingerprint density at radius 2 is 1.73 bits per heavy atom. The van der Waals surface area contributed by atoms with E-state index in [1.807, 2.05) is 18.2 Å². The minimum absolute atomic E-state index is 0.115. The first kappa shape index (κ1) is 21.7. The molecule has 1 aromatic heterocycles. The van der Waals surface area contributed by atoms with E-state index in [4.69, 9.17) is 27.9 Å². The normalized spacial score (nSPS) is 11.8. The molecule has 0 saturated heterocycles. The van der Waals surface area contributed by atoms with Crippen LogP contribution in [0.4, 0.5) is 5.69 Å². The highest BCUT2D eigenvalue weighted by atomic mass is 35.5. The molecule has 30 heavy (non-hydrogen) atoms. The highest BCUT2D eigenvalue weighted by Gasteiger charge is 2.23. The fraction of sp³-hybridized carbons (Fsp3) is 0.190. The number of halogens is 2. The summed E-state index contributed by atoms with van der Waals surface area (Å²) in [5.74, 6) is -1.36. The van der Waals surface area contributed by atoms with E-state index in [0.717, 1.165) is 0 Å². The number of para-hydroxylation sites is 1. The Morgan fingerprint density at radius 3 is 2.37 bits per heavy atom. The second-order valence-corrected chi connectivity index (χ2v) is 7.42. The number of aromatic nitrogens is 2. The maximum atomic E-state index is 12.9. The molecule has 1 atom stereocenters. The topological polar surface area (TPSA) is 82.3 Å². The minimum Gasteiger partial charge on any atom is -0.449 e. The molecule has 156 valence electrons. The summed E-state index contributed by atoms with van der Waals surface area (Å²) in [5.41, 5.74) is 1.10. The summed E-state index contributed by atoms with van der Waals surface area (Å²) in [4.78, 5) is 37.7. The summed E-state index contributed by atoms with van der Waals surface area (Å²) in [6, 6.07) is 13.3. The van der Waals surface area contributed by atoms with Crippen molar-refractivity contribution in [3.63, 3.8) is 0 Å². The number of anilines is 1. The molecule has 2 aromatic carbocycles. The Hall–Kier alpha value is -3.03. The standard InChI is InChI=1S/C21H19Cl2N3O4/c1-12-18(20(28)26(25(12)3)15-7-5-4-6-8-15)24-19(27)13(2)30-21(29)14-9-10-16(22)17(23)11-14/h4-11,13H,1-3H3,(H,24,27)/t13-/m1/s1. The maximum Gasteiger partial charge on any atom is 0.338 e. The number of ether oxygens (including phenoxy) is 1. The molecule has 0 unspecified atom stereocenters. The molecule has 0 aliphatic carbocycles. The second-order valence-electron chi connectivity index (χ2n) is 6.60. The largest absolute Gasteiger partial charge is 0.449 e. The Labute approximate surface area is 182 Å². The lowest BCUT2D eigenvalue weighted by Crippen LogP contribution is -2.32. The van der Waals surface area contributed by atoms with Crippen molar-refractivity contribution in [3.8, 4) is 5.69 Å². The van der Waals surface area contributed by atoms with Crippen molar-refractivity contribution >= 4 is 40.8 Å². The van der Waals surface area contributed by atoms with Crippen LogP contribution in [0.15, 0.2) is 53.3 Å². The van der Waals surface area contributed by atoms with Crippen LogP contribution in [0.2, 0.25) is 10.0 Å². The lowest BCUT2D eigenvalue weighted by atomic mass is 10.2. The van der Waals surface area contributed by atoms with Gasteiger partial charge < -0.3 is 10.1 Å². The van der Waals surface area contributed by atoms with E-state index < -0.39 is 23.5 Å². The van der Waals surface area contributed by atoms with Crippen LogP contribution in [-0.2, 0) is 16.6 Å². The van der Waals surface area contributed by atoms with E-state index in [9.17, 15) is 14.4 Å². The van der Waals surface area contributed by atoms with Gasteiger partial charge >= 0.3 is 5.97 Å². The number of rotatable bonds is 5. The number of nitrogens with one attached hydrogen (secondary N) is 1. The van der Waals surface area contributed by atoms with Gasteiger partial charge in [-0.15, -0.1) is 0 Å². The van der Waals surface area contributed by atoms with Gasteiger partial charge in [-0.3, -0.25) is 14.3 Å². The van der Waals surface area contributed by atoms with E-state index in [2.05, 4.69) is 5.32 Å². The lowest BCUT2D eigenvalue weighted by Gasteiger charge is -2.13. The highest BCUT2D eigenvalue weighted by molar-refractivity contribution is 6.42. The van der Waals surface area contributed by atoms with Crippen LogP contribution in [0.25, 0.3) is 5.69 Å². The molecule has 1 amide bonds. The maximum absolute atomic E-state index is 12.9. The van der Waals surface area contributed by atoms with E-state index in [1.54, 1.807) is 30.8 Å². The number of hydrogen-bond acceptors (Lipinski definition) is 4. The van der Waals surface area contributed by atoms with Crippen LogP contribution in [0.5, 0.6) is 0 Å². The van der Waals surface area contributed by atoms with Gasteiger partial charge in [0.05, 0.1) is 27.0 Å². The van der Waals surface area contributed by atoms with Crippen molar-refractivity contribution in [2.75, 3.05) is 5.32 Å². The molecule has 3 aromatic rings. The van der Waals surface area contributed by atoms with E-state index in [-0.39, 0.29) is 16.3 Å². The van der Waals surface area contributed by atoms with Crippen LogP contribution >= 0.6 is 23.2 Å². The monoisotopic (exact) mass is 447 g/mol. The van der Waals surface area contributed by atoms with Crippen molar-refractivity contribution in [2.45, 2.75) is 20.0 Å². The third-order valence-corrected chi connectivity index (χ3v) is 5.35. The fourth-order valence-corrected chi connectivity index (χ4v) is 3.14. The Balaban J connectivity index is 1.78. The first-order valence-electron chi connectivity index (χ1n) is 9.01. The summed E-state index contributed by atoms with van der Waals surface area (Å²) < 4.78 is 8.28. The number of benzene rings is 2. The molecule has 0 radical (unpaired) electrons. The molecular formula is C21H19Cl2N3O4. The third kappa shape index (κ3) is 4.27. The zero-order valence-electron chi connectivity index (χ0n) is 16.5. The highest BCUT2D eigenvalue weighted by Crippen LogP contribution is 2.23. The SMILES string of the molecule is Cc1c(NC(=O)[C@@H](C)OC(=O)c2ccc(Cl)c(Cl)c2)c(=O)n(-c2ccccc2)n1C. The smallest absolute Gasteiger partial charge is 0.338 e. The molecule has 0 bridgehead atoms. The Morgan fingerprint density at radius 1 is 1.07 bits per heavy atom. The molecule has 0 aliphatic heterocycles. The van der Waals surface area contributed by atoms with Gasteiger partial charge in [-0.2, -0.15) is 0 Å². The van der Waals surface area contributed by atoms with Crippen LogP contribution in [0.1, 0.15) is 23.0 Å². The number of esters is 1. The zero-order valence-corrected chi connectivity index (χ0v) is 18.0. The molecule has 3 rings (SSSR count). The molecule has 0 aliphatic rings. The fourth-order valence-electron chi connectivity index (χ4n) is 2.84. The predicted octanol–water partition coefficient (Wildman–Crippen LogP) is 3.98. The van der Waals surface area contributed by atoms with Gasteiger partial charge in [0.15, 0.2) is 6.10 Å². The lowest BCUT2D eigenvalue weighted by molar-refractivity contribution is -0.123. The van der Waals surface area contributed by atoms with Gasteiger partial charge in [-0.05, 0) is 44.2 Å². The van der Waals surface area contributed by atoms with Gasteiger partial charge in [-0.25, -0.2) is 9.48 Å². The van der Waals surface area contributed by atoms with Crippen molar-refractivity contribution in [2.24, 2.45) is 7.05 Å². The number of nitrogens with zero attached hydrogens (tertiary/aromatic N) is 2. The Bertz CT molecular complexity index is 1170. The van der Waals surface area contributed by atoms with Crippen LogP contribution in [0.3, 0.4) is 0 Å². The zero-order chi connectivity index (χ0) is 22.0. The summed E-state index contributed by atoms with van der Waals surface area (Å²) in [5, 5.41) is 3.07. The van der Waals surface area contributed by atoms with Gasteiger partial charge in [0.1, 0.15) is 5.69 Å². The number of hydrogen-bond donors (Lipinski definition) is 1. The first-order chi connectivity index (χ1) is 14.2. The molecule has 7 nitrogen and oxygen atoms in total. The molecular weight excluding hydrogens is 429 g/mol. The van der Waals surface area contributed by atoms with Crippen molar-refractivity contribution in [1.82, 2.24) is 9.36 Å². The van der Waals surface area contributed by atoms with Gasteiger partial charge in [0.2, 0.25) is 0 Å². The average molecular weight is 448 g/mol. The molecule has 1 heterocycles. The van der Waals surface area contributed by atoms with Gasteiger partial charge in [0.25, 0.3) is 11.5 Å². The summed E-state index contributed by atoms with van der Waals surface area (Å²) in [6.45, 7) is 3.13. The van der Waals surface area contributed by atoms with Crippen molar-refractivity contribution in [3.05, 3.63) is 80.2 Å². The van der Waals surface area contributed by atoms with Crippen molar-refractivity contribution < 1.29 is 14.3 Å². The van der Waals surface area contributed by atoms with Crippen molar-refractivity contribution in [1.29, 1.82) is 0 Å². The molecule has 0 spiro atoms. The average Bonchev–Trinajstić information content (AvgIpc) is 2.93. The third-order valence-electron chi connectivity index (χ3n) is 4.61. The number of carbonyl (C=O) groups is 2. The number of carbonyl (C=O) groups excluding carboxylic acids is 2. The minimum atomic E-state index is -1.14. The molecule has 0 fully saturated rings. The molecule has 9 heteroatoms.